The summed E-state index contributed by atoms with van der Waals surface area (Å²) in [4.78, 5) is 32.9. The number of hydrogen-bond donors (Lipinski definition) is 1. The molecular formula is C16H15N3O6. The Morgan fingerprint density at radius 1 is 1.04 bits per heavy atom. The van der Waals surface area contributed by atoms with E-state index in [1.807, 2.05) is 6.07 Å². The quantitative estimate of drug-likeness (QED) is 0.498. The summed E-state index contributed by atoms with van der Waals surface area (Å²) in [5.41, 5.74) is 0.568. The number of nitrogens with one attached hydrogen (secondary N) is 1. The SMILES string of the molecule is COC(=O)c1cc([N+](=O)[O-])cc([N+](=O)[O-])c1Nc1c(C)cccc1C. The summed E-state index contributed by atoms with van der Waals surface area (Å²) in [7, 11) is 1.09. The summed E-state index contributed by atoms with van der Waals surface area (Å²) in [5, 5.41) is 25.3. The highest BCUT2D eigenvalue weighted by atomic mass is 16.6. The molecule has 2 rings (SSSR count). The van der Waals surface area contributed by atoms with Gasteiger partial charge in [0.25, 0.3) is 11.4 Å². The van der Waals surface area contributed by atoms with Crippen LogP contribution in [0.25, 0.3) is 0 Å². The van der Waals surface area contributed by atoms with Crippen molar-refractivity contribution in [1.29, 1.82) is 0 Å². The van der Waals surface area contributed by atoms with E-state index in [1.165, 1.54) is 0 Å². The fourth-order valence-corrected chi connectivity index (χ4v) is 2.40. The van der Waals surface area contributed by atoms with Crippen LogP contribution in [-0.2, 0) is 4.74 Å². The zero-order chi connectivity index (χ0) is 18.7. The Balaban J connectivity index is 2.75. The molecule has 0 aromatic heterocycles. The molecule has 2 aromatic rings. The number of ether oxygens (including phenoxy) is 1. The third-order valence-corrected chi connectivity index (χ3v) is 3.65. The number of nitro groups is 2. The number of methoxy groups -OCH3 is 1. The highest BCUT2D eigenvalue weighted by Gasteiger charge is 2.28. The first kappa shape index (κ1) is 17.9. The minimum absolute atomic E-state index is 0.153. The molecule has 0 atom stereocenters. The van der Waals surface area contributed by atoms with Crippen molar-refractivity contribution in [1.82, 2.24) is 0 Å². The third-order valence-electron chi connectivity index (χ3n) is 3.65. The number of carbonyl (C=O) groups is 1. The topological polar surface area (TPSA) is 125 Å². The number of non-ortho nitro benzene ring substituents is 1. The van der Waals surface area contributed by atoms with Crippen molar-refractivity contribution < 1.29 is 19.4 Å². The van der Waals surface area contributed by atoms with Crippen LogP contribution in [-0.4, -0.2) is 22.9 Å². The van der Waals surface area contributed by atoms with Crippen molar-refractivity contribution in [2.45, 2.75) is 13.8 Å². The van der Waals surface area contributed by atoms with E-state index in [2.05, 4.69) is 10.1 Å². The molecule has 9 nitrogen and oxygen atoms in total. The lowest BCUT2D eigenvalue weighted by Gasteiger charge is -2.15. The van der Waals surface area contributed by atoms with Gasteiger partial charge in [-0.25, -0.2) is 4.79 Å². The second kappa shape index (κ2) is 6.95. The van der Waals surface area contributed by atoms with Gasteiger partial charge >= 0.3 is 5.97 Å². The zero-order valence-corrected chi connectivity index (χ0v) is 13.7. The van der Waals surface area contributed by atoms with Crippen molar-refractivity contribution in [2.24, 2.45) is 0 Å². The van der Waals surface area contributed by atoms with Crippen LogP contribution < -0.4 is 5.32 Å². The number of anilines is 2. The van der Waals surface area contributed by atoms with Crippen molar-refractivity contribution >= 4 is 28.7 Å². The van der Waals surface area contributed by atoms with Crippen molar-refractivity contribution in [2.75, 3.05) is 12.4 Å². The first-order valence-electron chi connectivity index (χ1n) is 7.14. The molecule has 0 saturated carbocycles. The Bertz CT molecular complexity index is 858. The average molecular weight is 345 g/mol. The first-order valence-corrected chi connectivity index (χ1v) is 7.14. The Morgan fingerprint density at radius 2 is 1.64 bits per heavy atom. The summed E-state index contributed by atoms with van der Waals surface area (Å²) >= 11 is 0. The molecule has 0 aliphatic rings. The Hall–Kier alpha value is -3.49. The maximum atomic E-state index is 12.0. The lowest BCUT2D eigenvalue weighted by atomic mass is 10.1. The summed E-state index contributed by atoms with van der Waals surface area (Å²) < 4.78 is 4.62. The minimum Gasteiger partial charge on any atom is -0.465 e. The smallest absolute Gasteiger partial charge is 0.340 e. The second-order valence-electron chi connectivity index (χ2n) is 5.29. The number of hydrogen-bond acceptors (Lipinski definition) is 7. The van der Waals surface area contributed by atoms with Gasteiger partial charge in [-0.1, -0.05) is 18.2 Å². The van der Waals surface area contributed by atoms with Gasteiger partial charge in [0.15, 0.2) is 0 Å². The summed E-state index contributed by atoms with van der Waals surface area (Å²) in [6.07, 6.45) is 0. The summed E-state index contributed by atoms with van der Waals surface area (Å²) in [6.45, 7) is 3.59. The average Bonchev–Trinajstić information content (AvgIpc) is 2.56. The van der Waals surface area contributed by atoms with Crippen LogP contribution in [0.2, 0.25) is 0 Å². The molecule has 0 spiro atoms. The van der Waals surface area contributed by atoms with E-state index in [4.69, 9.17) is 0 Å². The summed E-state index contributed by atoms with van der Waals surface area (Å²) in [5.74, 6) is -0.916. The maximum absolute atomic E-state index is 12.0. The van der Waals surface area contributed by atoms with Gasteiger partial charge in [-0.3, -0.25) is 20.2 Å². The largest absolute Gasteiger partial charge is 0.465 e. The lowest BCUT2D eigenvalue weighted by molar-refractivity contribution is -0.393. The molecule has 0 amide bonds. The normalized spacial score (nSPS) is 10.2. The molecule has 0 bridgehead atoms. The van der Waals surface area contributed by atoms with Gasteiger partial charge < -0.3 is 10.1 Å². The van der Waals surface area contributed by atoms with Crippen molar-refractivity contribution in [3.05, 3.63) is 67.3 Å². The van der Waals surface area contributed by atoms with Gasteiger partial charge in [-0.15, -0.1) is 0 Å². The van der Waals surface area contributed by atoms with Crippen molar-refractivity contribution in [3.8, 4) is 0 Å². The number of nitrogens with zero attached hydrogens (tertiary/aromatic N) is 2. The van der Waals surface area contributed by atoms with Crippen LogP contribution in [0.5, 0.6) is 0 Å². The highest BCUT2D eigenvalue weighted by Crippen LogP contribution is 2.37. The van der Waals surface area contributed by atoms with Crippen LogP contribution >= 0.6 is 0 Å². The molecule has 1 N–H and O–H groups in total. The van der Waals surface area contributed by atoms with Crippen LogP contribution in [0, 0.1) is 34.1 Å². The Kier molecular flexibility index (Phi) is 4.97. The van der Waals surface area contributed by atoms with Crippen LogP contribution in [0.4, 0.5) is 22.7 Å². The Morgan fingerprint density at radius 3 is 2.12 bits per heavy atom. The van der Waals surface area contributed by atoms with Gasteiger partial charge in [0.05, 0.1) is 28.6 Å². The van der Waals surface area contributed by atoms with Crippen LogP contribution in [0.1, 0.15) is 21.5 Å². The van der Waals surface area contributed by atoms with E-state index in [0.717, 1.165) is 30.4 Å². The summed E-state index contributed by atoms with van der Waals surface area (Å²) in [6, 6.07) is 7.17. The first-order chi connectivity index (χ1) is 11.8. The number of esters is 1. The molecule has 2 aromatic carbocycles. The third kappa shape index (κ3) is 3.55. The minimum atomic E-state index is -0.916. The number of aryl methyl sites for hydroxylation is 2. The standard InChI is InChI=1S/C16H15N3O6/c1-9-5-4-6-10(2)14(9)17-15-12(16(20)25-3)7-11(18(21)22)8-13(15)19(23)24/h4-8,17H,1-3H3. The van der Waals surface area contributed by atoms with E-state index >= 15 is 0 Å². The van der Waals surface area contributed by atoms with E-state index in [9.17, 15) is 25.0 Å². The molecule has 0 fully saturated rings. The van der Waals surface area contributed by atoms with Gasteiger partial charge in [-0.05, 0) is 25.0 Å². The van der Waals surface area contributed by atoms with E-state index in [0.29, 0.717) is 5.69 Å². The fourth-order valence-electron chi connectivity index (χ4n) is 2.40. The maximum Gasteiger partial charge on any atom is 0.340 e. The van der Waals surface area contributed by atoms with E-state index in [-0.39, 0.29) is 11.3 Å². The molecule has 25 heavy (non-hydrogen) atoms. The number of benzene rings is 2. The van der Waals surface area contributed by atoms with Crippen molar-refractivity contribution in [3.63, 3.8) is 0 Å². The lowest BCUT2D eigenvalue weighted by Crippen LogP contribution is -2.10. The van der Waals surface area contributed by atoms with E-state index in [1.54, 1.807) is 26.0 Å². The Labute approximate surface area is 142 Å². The van der Waals surface area contributed by atoms with Gasteiger partial charge in [0.1, 0.15) is 5.69 Å². The second-order valence-corrected chi connectivity index (χ2v) is 5.29. The monoisotopic (exact) mass is 345 g/mol. The number of rotatable bonds is 5. The van der Waals surface area contributed by atoms with E-state index < -0.39 is 27.2 Å². The highest BCUT2D eigenvalue weighted by molar-refractivity contribution is 6.00. The molecule has 0 saturated heterocycles. The molecule has 0 aliphatic heterocycles. The van der Waals surface area contributed by atoms with Gasteiger partial charge in [0.2, 0.25) is 0 Å². The fraction of sp³-hybridized carbons (Fsp3) is 0.188. The molecule has 130 valence electrons. The number of nitro benzene ring substituents is 2. The predicted molar refractivity (Wildman–Crippen MR) is 90.3 cm³/mol. The molecule has 0 radical (unpaired) electrons. The van der Waals surface area contributed by atoms with Gasteiger partial charge in [0, 0.05) is 11.8 Å². The number of carbonyl (C=O) groups excluding carboxylic acids is 1. The molecule has 9 heteroatoms. The molecule has 0 unspecified atom stereocenters. The molecule has 0 aliphatic carbocycles. The van der Waals surface area contributed by atoms with Crippen LogP contribution in [0.15, 0.2) is 30.3 Å². The van der Waals surface area contributed by atoms with Gasteiger partial charge in [-0.2, -0.15) is 0 Å². The predicted octanol–water partition coefficient (Wildman–Crippen LogP) is 3.65. The number of para-hydroxylation sites is 1. The zero-order valence-electron chi connectivity index (χ0n) is 13.7. The molecule has 0 heterocycles. The molecular weight excluding hydrogens is 330 g/mol. The van der Waals surface area contributed by atoms with Crippen LogP contribution in [0.3, 0.4) is 0 Å².